The molecule has 2 fully saturated rings. The van der Waals surface area contributed by atoms with Crippen LogP contribution in [0.2, 0.25) is 0 Å². The van der Waals surface area contributed by atoms with Crippen molar-refractivity contribution in [3.05, 3.63) is 0 Å². The smallest absolute Gasteiger partial charge is 0.247 e. The Morgan fingerprint density at radius 3 is 2.39 bits per heavy atom. The van der Waals surface area contributed by atoms with Gasteiger partial charge in [0, 0.05) is 7.05 Å². The Hall–Kier alpha value is -0.950. The van der Waals surface area contributed by atoms with Crippen LogP contribution >= 0.6 is 0 Å². The highest BCUT2D eigenvalue weighted by atomic mass is 32.2. The normalized spacial score (nSPS) is 26.3. The molecule has 0 unspecified atom stereocenters. The van der Waals surface area contributed by atoms with E-state index in [0.29, 0.717) is 0 Å². The number of rotatable bonds is 4. The van der Waals surface area contributed by atoms with Gasteiger partial charge in [0.05, 0.1) is 12.2 Å². The maximum Gasteiger partial charge on any atom is 0.247 e. The lowest BCUT2D eigenvalue weighted by Crippen LogP contribution is -2.42. The third kappa shape index (κ3) is 2.89. The zero-order valence-electron chi connectivity index (χ0n) is 10.4. The molecule has 0 radical (unpaired) electrons. The highest BCUT2D eigenvalue weighted by Gasteiger charge is 2.38. The Bertz CT molecular complexity index is 454. The van der Waals surface area contributed by atoms with Crippen LogP contribution < -0.4 is 4.72 Å². The molecule has 0 aromatic carbocycles. The molecule has 2 amide bonds. The van der Waals surface area contributed by atoms with Crippen LogP contribution in [-0.2, 0) is 19.6 Å². The summed E-state index contributed by atoms with van der Waals surface area (Å²) >= 11 is 0. The van der Waals surface area contributed by atoms with Crippen LogP contribution in [0.1, 0.15) is 32.1 Å². The first-order valence-corrected chi connectivity index (χ1v) is 7.84. The summed E-state index contributed by atoms with van der Waals surface area (Å²) in [5.74, 6) is -0.551. The number of likely N-dealkylation sites (tertiary alicyclic amines) is 1. The van der Waals surface area contributed by atoms with Gasteiger partial charge in [0.2, 0.25) is 21.8 Å². The molecule has 2 rings (SSSR count). The Balaban J connectivity index is 1.96. The highest BCUT2D eigenvalue weighted by Crippen LogP contribution is 2.26. The minimum absolute atomic E-state index is 0.0642. The third-order valence-electron chi connectivity index (χ3n) is 3.63. The lowest BCUT2D eigenvalue weighted by Gasteiger charge is -2.14. The van der Waals surface area contributed by atoms with Gasteiger partial charge in [0.1, 0.15) is 6.04 Å². The topological polar surface area (TPSA) is 83.6 Å². The van der Waals surface area contributed by atoms with Gasteiger partial charge in [-0.15, -0.1) is 0 Å². The van der Waals surface area contributed by atoms with Crippen molar-refractivity contribution in [2.24, 2.45) is 5.92 Å². The fourth-order valence-electron chi connectivity index (χ4n) is 2.60. The van der Waals surface area contributed by atoms with Crippen molar-refractivity contribution in [2.45, 2.75) is 38.1 Å². The van der Waals surface area contributed by atoms with Gasteiger partial charge in [-0.3, -0.25) is 14.5 Å². The van der Waals surface area contributed by atoms with Crippen LogP contribution in [0.5, 0.6) is 0 Å². The molecule has 1 atom stereocenters. The summed E-state index contributed by atoms with van der Waals surface area (Å²) in [7, 11) is -2.11. The van der Waals surface area contributed by atoms with E-state index in [-0.39, 0.29) is 24.0 Å². The van der Waals surface area contributed by atoms with Crippen LogP contribution in [0, 0.1) is 5.92 Å². The van der Waals surface area contributed by atoms with E-state index in [1.165, 1.54) is 7.05 Å². The number of hydrogen-bond donors (Lipinski definition) is 1. The molecule has 1 aliphatic heterocycles. The lowest BCUT2D eigenvalue weighted by molar-refractivity contribution is -0.137. The number of hydrogen-bond acceptors (Lipinski definition) is 4. The van der Waals surface area contributed by atoms with Gasteiger partial charge < -0.3 is 0 Å². The van der Waals surface area contributed by atoms with Crippen LogP contribution in [0.3, 0.4) is 0 Å². The Labute approximate surface area is 107 Å². The number of carbonyl (C=O) groups is 2. The summed E-state index contributed by atoms with van der Waals surface area (Å²) in [5, 5.41) is 0. The molecular weight excluding hydrogens is 256 g/mol. The molecule has 0 bridgehead atoms. The standard InChI is InChI=1S/C11H18N2O4S/c1-13-10(14)6-9(11(13)15)12-18(16,17)7-8-4-2-3-5-8/h8-9,12H,2-7H2,1H3/t9-/m0/s1. The number of likely N-dealkylation sites (N-methyl/N-ethyl adjacent to an activating group) is 1. The van der Waals surface area contributed by atoms with Crippen LogP contribution in [-0.4, -0.2) is 44.0 Å². The second-order valence-corrected chi connectivity index (χ2v) is 6.90. The molecular formula is C11H18N2O4S. The molecule has 0 aromatic rings. The third-order valence-corrected chi connectivity index (χ3v) is 5.19. The summed E-state index contributed by atoms with van der Waals surface area (Å²) in [4.78, 5) is 23.9. The Morgan fingerprint density at radius 2 is 1.89 bits per heavy atom. The van der Waals surface area contributed by atoms with E-state index in [1.54, 1.807) is 0 Å². The summed E-state index contributed by atoms with van der Waals surface area (Å²) < 4.78 is 26.2. The van der Waals surface area contributed by atoms with Crippen molar-refractivity contribution in [1.29, 1.82) is 0 Å². The first-order valence-electron chi connectivity index (χ1n) is 6.19. The number of nitrogens with one attached hydrogen (secondary N) is 1. The molecule has 0 spiro atoms. The molecule has 1 N–H and O–H groups in total. The average molecular weight is 274 g/mol. The second kappa shape index (κ2) is 4.97. The average Bonchev–Trinajstić information content (AvgIpc) is 2.84. The first-order chi connectivity index (χ1) is 8.39. The largest absolute Gasteiger partial charge is 0.284 e. The van der Waals surface area contributed by atoms with Crippen LogP contribution in [0.4, 0.5) is 0 Å². The van der Waals surface area contributed by atoms with E-state index >= 15 is 0 Å². The Morgan fingerprint density at radius 1 is 1.28 bits per heavy atom. The molecule has 7 heteroatoms. The van der Waals surface area contributed by atoms with Crippen LogP contribution in [0.25, 0.3) is 0 Å². The van der Waals surface area contributed by atoms with Crippen molar-refractivity contribution >= 4 is 21.8 Å². The van der Waals surface area contributed by atoms with Gasteiger partial charge in [-0.25, -0.2) is 13.1 Å². The quantitative estimate of drug-likeness (QED) is 0.723. The molecule has 18 heavy (non-hydrogen) atoms. The van der Waals surface area contributed by atoms with Gasteiger partial charge in [0.25, 0.3) is 0 Å². The van der Waals surface area contributed by atoms with E-state index in [1.807, 2.05) is 0 Å². The van der Waals surface area contributed by atoms with E-state index in [9.17, 15) is 18.0 Å². The first kappa shape index (κ1) is 13.5. The van der Waals surface area contributed by atoms with E-state index in [2.05, 4.69) is 4.72 Å². The maximum absolute atomic E-state index is 11.9. The minimum Gasteiger partial charge on any atom is -0.284 e. The van der Waals surface area contributed by atoms with E-state index in [0.717, 1.165) is 30.6 Å². The monoisotopic (exact) mass is 274 g/mol. The van der Waals surface area contributed by atoms with Crippen LogP contribution in [0.15, 0.2) is 0 Å². The van der Waals surface area contributed by atoms with Crippen molar-refractivity contribution in [1.82, 2.24) is 9.62 Å². The number of imide groups is 1. The van der Waals surface area contributed by atoms with Gasteiger partial charge in [-0.1, -0.05) is 12.8 Å². The zero-order valence-corrected chi connectivity index (χ0v) is 11.2. The van der Waals surface area contributed by atoms with Crippen molar-refractivity contribution < 1.29 is 18.0 Å². The maximum atomic E-state index is 11.9. The molecule has 0 aromatic heterocycles. The molecule has 1 heterocycles. The van der Waals surface area contributed by atoms with E-state index < -0.39 is 22.0 Å². The number of amides is 2. The van der Waals surface area contributed by atoms with Gasteiger partial charge in [0.15, 0.2) is 0 Å². The Kier molecular flexibility index (Phi) is 3.72. The molecule has 1 saturated carbocycles. The molecule has 6 nitrogen and oxygen atoms in total. The van der Waals surface area contributed by atoms with Crippen molar-refractivity contribution in [3.63, 3.8) is 0 Å². The van der Waals surface area contributed by atoms with Gasteiger partial charge >= 0.3 is 0 Å². The summed E-state index contributed by atoms with van der Waals surface area (Å²) in [5.41, 5.74) is 0. The molecule has 1 aliphatic carbocycles. The number of carbonyl (C=O) groups excluding carboxylic acids is 2. The summed E-state index contributed by atoms with van der Waals surface area (Å²) in [6, 6.07) is -0.908. The SMILES string of the molecule is CN1C(=O)C[C@H](NS(=O)(=O)CC2CCCC2)C1=O. The second-order valence-electron chi connectivity index (χ2n) is 5.10. The number of sulfonamides is 1. The van der Waals surface area contributed by atoms with Gasteiger partial charge in [-0.2, -0.15) is 0 Å². The molecule has 1 saturated heterocycles. The van der Waals surface area contributed by atoms with E-state index in [4.69, 9.17) is 0 Å². The molecule has 2 aliphatic rings. The van der Waals surface area contributed by atoms with Gasteiger partial charge in [-0.05, 0) is 18.8 Å². The fourth-order valence-corrected chi connectivity index (χ4v) is 4.27. The van der Waals surface area contributed by atoms with Crippen molar-refractivity contribution in [3.8, 4) is 0 Å². The molecule has 102 valence electrons. The zero-order chi connectivity index (χ0) is 13.3. The summed E-state index contributed by atoms with van der Waals surface area (Å²) in [6.45, 7) is 0. The predicted molar refractivity (Wildman–Crippen MR) is 65.1 cm³/mol. The predicted octanol–water partition coefficient (Wildman–Crippen LogP) is -0.147. The van der Waals surface area contributed by atoms with Crippen molar-refractivity contribution in [2.75, 3.05) is 12.8 Å². The fraction of sp³-hybridized carbons (Fsp3) is 0.818. The lowest BCUT2D eigenvalue weighted by atomic mass is 10.1. The highest BCUT2D eigenvalue weighted by molar-refractivity contribution is 7.89. The summed E-state index contributed by atoms with van der Waals surface area (Å²) in [6.07, 6.45) is 3.93. The number of nitrogens with zero attached hydrogens (tertiary/aromatic N) is 1. The minimum atomic E-state index is -3.48.